The van der Waals surface area contributed by atoms with E-state index in [-0.39, 0.29) is 70.0 Å². The summed E-state index contributed by atoms with van der Waals surface area (Å²) in [6.07, 6.45) is -0.300. The van der Waals surface area contributed by atoms with Gasteiger partial charge in [0.15, 0.2) is 35.3 Å². The highest BCUT2D eigenvalue weighted by Gasteiger charge is 2.53. The predicted octanol–water partition coefficient (Wildman–Crippen LogP) is 19.0. The molecule has 0 fully saturated rings. The Morgan fingerprint density at radius 3 is 1.58 bits per heavy atom. The van der Waals surface area contributed by atoms with Crippen molar-refractivity contribution in [3.05, 3.63) is 345 Å². The lowest BCUT2D eigenvalue weighted by molar-refractivity contribution is -0.137. The predicted molar refractivity (Wildman–Crippen MR) is 523 cm³/mol. The fourth-order valence-electron chi connectivity index (χ4n) is 16.9. The van der Waals surface area contributed by atoms with Gasteiger partial charge in [0.1, 0.15) is 33.8 Å². The standard InChI is InChI=1S/C27H27ClN4OS.C23H21N3O.C19H16F5N3O.C18H18N4OS.C16H18N4OS/c1-26(2,3)20-8-6-17(7-9-20)23-24(33)32(5)25(30)31-27(23,4)22-13-19(15-34-22)18-10-16(14-29)11-21(28)12-18;1-17-12-14-18(15-13-17)16-26-21(27)23(25-22(26)24,19-8-4-2-5-9-19)20-10-6-3-7-11-20;1-18(13-8-7-12(20)9-14(13)21)15(16(28)27(2)17(25)26-18)10-3-5-11(6-4-10)19(22,23)24;1-3-22-16(23)9-18(2,21-17(22)20)15-8-14(11-24-15)13-6-4-5-12(7-13)10-19;1-10-12(11-5-4-6-18-8-11)9-22-14(10)16(2)7-13(21)20(3)15(17)19-16/h6-13,15,23H,1-5H3,(H2,30,31);2-15H,16H2,1H3,(H2,24,25);3-9,15H,1-2H3,(H2,25,26);4-8,11H,3,9H2,1-2H3,(H2,20,21);4-6,8-9H,7H2,1-3H3,(H2,17,19)/t23?,27-;;15-,18-;18-;16-/m1.100/s1. The van der Waals surface area contributed by atoms with Crippen LogP contribution in [0.1, 0.15) is 161 Å². The van der Waals surface area contributed by atoms with E-state index < -0.39 is 68.8 Å². The van der Waals surface area contributed by atoms with Gasteiger partial charge in [-0.25, -0.2) is 33.7 Å². The number of hydrogen-bond acceptors (Lipinski definition) is 21. The van der Waals surface area contributed by atoms with E-state index in [2.05, 4.69) is 77.3 Å². The molecule has 0 radical (unpaired) electrons. The first-order chi connectivity index (χ1) is 63.9. The molecule has 135 heavy (non-hydrogen) atoms. The molecule has 9 heterocycles. The van der Waals surface area contributed by atoms with Crippen LogP contribution < -0.4 is 28.7 Å². The first-order valence-corrected chi connectivity index (χ1v) is 45.9. The Bertz CT molecular complexity index is 6710. The average Bonchev–Trinajstić information content (AvgIpc) is 1.59. The quantitative estimate of drug-likeness (QED) is 0.0633. The molecule has 0 aliphatic carbocycles. The number of aliphatic imine (C=N–C) groups is 5. The van der Waals surface area contributed by atoms with E-state index in [4.69, 9.17) is 55.5 Å². The number of carbonyl (C=O) groups is 5. The summed E-state index contributed by atoms with van der Waals surface area (Å²) in [4.78, 5) is 102. The van der Waals surface area contributed by atoms with Crippen molar-refractivity contribution in [2.75, 3.05) is 27.7 Å². The summed E-state index contributed by atoms with van der Waals surface area (Å²) in [7, 11) is 4.68. The Kier molecular flexibility index (Phi) is 28.7. The van der Waals surface area contributed by atoms with E-state index in [1.165, 1.54) is 51.1 Å². The maximum Gasteiger partial charge on any atom is 0.416 e. The number of likely N-dealkylation sites (N-methyl/N-ethyl adjacent to an activating group) is 2. The Hall–Kier alpha value is -14.4. The lowest BCUT2D eigenvalue weighted by atomic mass is 9.74. The van der Waals surface area contributed by atoms with E-state index in [1.807, 2.05) is 197 Å². The number of halogens is 6. The molecule has 23 nitrogen and oxygen atoms in total. The van der Waals surface area contributed by atoms with Crippen LogP contribution in [0.5, 0.6) is 0 Å². The minimum absolute atomic E-state index is 0.00562. The number of aromatic nitrogens is 1. The summed E-state index contributed by atoms with van der Waals surface area (Å²) in [5, 5.41) is 25.0. The fourth-order valence-corrected chi connectivity index (χ4v) is 20.4. The van der Waals surface area contributed by atoms with E-state index in [0.717, 1.165) is 117 Å². The molecular weight excluding hydrogens is 1800 g/mol. The van der Waals surface area contributed by atoms with Crippen molar-refractivity contribution in [1.82, 2.24) is 29.5 Å². The van der Waals surface area contributed by atoms with Crippen molar-refractivity contribution in [2.24, 2.45) is 53.6 Å². The average molecular weight is 1900 g/mol. The summed E-state index contributed by atoms with van der Waals surface area (Å²) in [5.41, 5.74) is 38.7. The molecule has 5 aliphatic rings. The van der Waals surface area contributed by atoms with Crippen molar-refractivity contribution in [2.45, 2.75) is 140 Å². The van der Waals surface area contributed by atoms with Gasteiger partial charge >= 0.3 is 6.18 Å². The number of benzene rings is 8. The molecule has 692 valence electrons. The molecule has 0 bridgehead atoms. The second-order valence-corrected chi connectivity index (χ2v) is 38.1. The Morgan fingerprint density at radius 1 is 0.504 bits per heavy atom. The van der Waals surface area contributed by atoms with Crippen LogP contribution in [-0.4, -0.2) is 117 Å². The molecular formula is C103H100ClF5N18O5S3. The monoisotopic (exact) mass is 1890 g/mol. The number of pyridine rings is 1. The lowest BCUT2D eigenvalue weighted by Crippen LogP contribution is -2.52. The number of nitriles is 2. The first kappa shape index (κ1) is 98.1. The summed E-state index contributed by atoms with van der Waals surface area (Å²) >= 11 is 10.9. The van der Waals surface area contributed by atoms with Gasteiger partial charge in [-0.15, -0.1) is 34.0 Å². The van der Waals surface area contributed by atoms with E-state index >= 15 is 0 Å². The molecule has 0 spiro atoms. The molecule has 5 aliphatic heterocycles. The summed E-state index contributed by atoms with van der Waals surface area (Å²) in [5.74, 6) is -3.44. The number of nitrogens with zero attached hydrogens (tertiary/aromatic N) is 13. The van der Waals surface area contributed by atoms with Gasteiger partial charge < -0.3 is 28.7 Å². The van der Waals surface area contributed by atoms with E-state index in [1.54, 1.807) is 66.1 Å². The van der Waals surface area contributed by atoms with Crippen LogP contribution in [0.25, 0.3) is 33.4 Å². The van der Waals surface area contributed by atoms with Crippen molar-refractivity contribution in [3.63, 3.8) is 0 Å². The van der Waals surface area contributed by atoms with Crippen LogP contribution in [0, 0.1) is 48.1 Å². The van der Waals surface area contributed by atoms with Gasteiger partial charge in [-0.2, -0.15) is 23.7 Å². The van der Waals surface area contributed by atoms with Gasteiger partial charge in [-0.3, -0.25) is 53.5 Å². The van der Waals surface area contributed by atoms with Gasteiger partial charge in [0.25, 0.3) is 5.91 Å². The number of guanidine groups is 5. The third-order valence-corrected chi connectivity index (χ3v) is 28.4. The van der Waals surface area contributed by atoms with Crippen molar-refractivity contribution in [3.8, 4) is 45.5 Å². The van der Waals surface area contributed by atoms with Crippen LogP contribution in [0.2, 0.25) is 5.02 Å². The number of carbonyl (C=O) groups excluding carboxylic acids is 5. The molecule has 0 saturated carbocycles. The number of nitrogens with two attached hydrogens (primary N) is 5. The van der Waals surface area contributed by atoms with Crippen LogP contribution in [0.4, 0.5) is 22.0 Å². The number of rotatable bonds is 14. The molecule has 1 unspecified atom stereocenters. The number of amides is 5. The van der Waals surface area contributed by atoms with Crippen LogP contribution >= 0.6 is 45.6 Å². The second kappa shape index (κ2) is 39.4. The van der Waals surface area contributed by atoms with Gasteiger partial charge in [0.05, 0.1) is 60.1 Å². The zero-order valence-electron chi connectivity index (χ0n) is 76.4. The third-order valence-electron chi connectivity index (χ3n) is 24.5. The van der Waals surface area contributed by atoms with Gasteiger partial charge in [-0.1, -0.05) is 184 Å². The molecule has 8 aromatic carbocycles. The first-order valence-electron chi connectivity index (χ1n) is 42.9. The van der Waals surface area contributed by atoms with Crippen LogP contribution in [0.15, 0.2) is 272 Å². The fraction of sp³-hybridized carbons (Fsp3) is 0.252. The van der Waals surface area contributed by atoms with Crippen molar-refractivity contribution < 1.29 is 45.9 Å². The number of thiophene rings is 3. The molecule has 0 saturated heterocycles. The van der Waals surface area contributed by atoms with Crippen LogP contribution in [-0.2, 0) is 69.8 Å². The van der Waals surface area contributed by atoms with Crippen LogP contribution in [0.3, 0.4) is 0 Å². The molecule has 17 rings (SSSR count). The van der Waals surface area contributed by atoms with Crippen molar-refractivity contribution in [1.29, 1.82) is 10.5 Å². The third kappa shape index (κ3) is 20.4. The largest absolute Gasteiger partial charge is 0.416 e. The minimum atomic E-state index is -4.54. The minimum Gasteiger partial charge on any atom is -0.369 e. The maximum atomic E-state index is 14.5. The molecule has 4 aromatic heterocycles. The highest BCUT2D eigenvalue weighted by molar-refractivity contribution is 7.11. The SMILES string of the molecule is CCN1C(=O)C[C@@](C)(c2cc(-c3cccc(C#N)c3)cs2)N=C1N.CN1C(=O)C(c2ccc(C(C)(C)C)cc2)[C@@](C)(c2cc(-c3cc(Cl)cc(C#N)c3)cs2)N=C1N.CN1C(=O)[C@@H](c2ccc(C(F)(F)F)cc2)[C@@](C)(c2ccc(F)cc2F)N=C1N.Cc1c(-c2cccnc2)csc1[C@]1(C)CC(=O)N(C)C(N)=N1.Cc1ccc(CN2C(=O)C(c3ccccc3)(c3ccccc3)N=C2N)cc1. The highest BCUT2D eigenvalue weighted by atomic mass is 35.5. The second-order valence-electron chi connectivity index (χ2n) is 35.0. The van der Waals surface area contributed by atoms with Gasteiger partial charge in [0.2, 0.25) is 23.6 Å². The smallest absolute Gasteiger partial charge is 0.369 e. The highest BCUT2D eigenvalue weighted by Crippen LogP contribution is 2.51. The number of hydrogen-bond donors (Lipinski definition) is 5. The van der Waals surface area contributed by atoms with Crippen molar-refractivity contribution >= 4 is 105 Å². The number of aryl methyl sites for hydroxylation is 1. The Balaban J connectivity index is 0.000000144. The van der Waals surface area contributed by atoms with Gasteiger partial charge in [0, 0.05) is 76.9 Å². The summed E-state index contributed by atoms with van der Waals surface area (Å²) in [6, 6.07) is 67.4. The Labute approximate surface area is 797 Å². The molecule has 12 aromatic rings. The molecule has 32 heteroatoms. The summed E-state index contributed by atoms with van der Waals surface area (Å²) < 4.78 is 66.4. The molecule has 6 atom stereocenters. The molecule has 5 amide bonds. The topological polar surface area (TPSA) is 354 Å². The lowest BCUT2D eigenvalue weighted by Gasteiger charge is -2.41. The maximum absolute atomic E-state index is 14.5. The summed E-state index contributed by atoms with van der Waals surface area (Å²) in [6.45, 7) is 20.7. The van der Waals surface area contributed by atoms with E-state index in [9.17, 15) is 51.2 Å². The van der Waals surface area contributed by atoms with Gasteiger partial charge in [-0.05, 0) is 204 Å². The van der Waals surface area contributed by atoms with E-state index in [0.29, 0.717) is 48.1 Å². The number of alkyl halides is 3. The normalized spacial score (nSPS) is 20.3. The Morgan fingerprint density at radius 2 is 1.03 bits per heavy atom. The molecule has 10 N–H and O–H groups in total. The zero-order chi connectivity index (χ0) is 97.8. The zero-order valence-corrected chi connectivity index (χ0v) is 79.6.